The van der Waals surface area contributed by atoms with E-state index in [1.807, 2.05) is 42.5 Å². The second-order valence-electron chi connectivity index (χ2n) is 9.28. The third-order valence-electron chi connectivity index (χ3n) is 7.02. The quantitative estimate of drug-likeness (QED) is 0.210. The standard InChI is InChI=1S/C31H25NO6/c1-35-27-11-10-20(14-29(27)36-2)26-16-24(22-8-3-4-9-25(22)32-26)31(34)37-17-21-15-30(33)38-28-13-19-7-5-6-18(19)12-23(21)28/h3-4,8-16H,5-7,17H2,1-2H3. The van der Waals surface area contributed by atoms with Crippen LogP contribution in [0.4, 0.5) is 0 Å². The Bertz CT molecular complexity index is 1770. The van der Waals surface area contributed by atoms with Crippen LogP contribution in [-0.4, -0.2) is 25.2 Å². The van der Waals surface area contributed by atoms with Crippen LogP contribution >= 0.6 is 0 Å². The van der Waals surface area contributed by atoms with Gasteiger partial charge in [-0.15, -0.1) is 0 Å². The van der Waals surface area contributed by atoms with Gasteiger partial charge in [0.05, 0.1) is 31.0 Å². The van der Waals surface area contributed by atoms with Crippen molar-refractivity contribution in [2.45, 2.75) is 25.9 Å². The van der Waals surface area contributed by atoms with E-state index in [4.69, 9.17) is 23.6 Å². The number of carbonyl (C=O) groups is 1. The van der Waals surface area contributed by atoms with Crippen LogP contribution < -0.4 is 15.1 Å². The summed E-state index contributed by atoms with van der Waals surface area (Å²) in [4.78, 5) is 30.5. The minimum atomic E-state index is -0.507. The van der Waals surface area contributed by atoms with Gasteiger partial charge in [0.25, 0.3) is 0 Å². The SMILES string of the molecule is COc1ccc(-c2cc(C(=O)OCc3cc(=O)oc4cc5c(cc34)CCC5)c3ccccc3n2)cc1OC. The highest BCUT2D eigenvalue weighted by atomic mass is 16.5. The van der Waals surface area contributed by atoms with Crippen molar-refractivity contribution in [1.29, 1.82) is 0 Å². The highest BCUT2D eigenvalue weighted by Crippen LogP contribution is 2.34. The topological polar surface area (TPSA) is 87.9 Å². The summed E-state index contributed by atoms with van der Waals surface area (Å²) in [5.74, 6) is 0.653. The van der Waals surface area contributed by atoms with E-state index in [0.717, 1.165) is 30.2 Å². The van der Waals surface area contributed by atoms with E-state index in [-0.39, 0.29) is 6.61 Å². The molecule has 190 valence electrons. The fourth-order valence-corrected chi connectivity index (χ4v) is 5.12. The molecule has 0 fully saturated rings. The van der Waals surface area contributed by atoms with Crippen molar-refractivity contribution in [3.8, 4) is 22.8 Å². The molecule has 2 aromatic heterocycles. The number of carbonyl (C=O) groups excluding carboxylic acids is 1. The number of aromatic nitrogens is 1. The predicted octanol–water partition coefficient (Wildman–Crippen LogP) is 5.87. The highest BCUT2D eigenvalue weighted by molar-refractivity contribution is 6.04. The van der Waals surface area contributed by atoms with Gasteiger partial charge in [0, 0.05) is 28.0 Å². The van der Waals surface area contributed by atoms with Crippen molar-refractivity contribution in [2.24, 2.45) is 0 Å². The van der Waals surface area contributed by atoms with Crippen molar-refractivity contribution in [2.75, 3.05) is 14.2 Å². The number of aryl methyl sites for hydroxylation is 2. The van der Waals surface area contributed by atoms with Crippen molar-refractivity contribution in [3.63, 3.8) is 0 Å². The Kier molecular flexibility index (Phi) is 6.04. The molecule has 0 saturated heterocycles. The van der Waals surface area contributed by atoms with E-state index in [1.54, 1.807) is 26.4 Å². The normalized spacial score (nSPS) is 12.5. The second kappa shape index (κ2) is 9.67. The summed E-state index contributed by atoms with van der Waals surface area (Å²) < 4.78 is 22.0. The Balaban J connectivity index is 1.37. The number of hydrogen-bond donors (Lipinski definition) is 0. The first-order chi connectivity index (χ1) is 18.5. The molecule has 38 heavy (non-hydrogen) atoms. The Morgan fingerprint density at radius 1 is 0.895 bits per heavy atom. The number of fused-ring (bicyclic) bond motifs is 3. The molecule has 0 unspecified atom stereocenters. The predicted molar refractivity (Wildman–Crippen MR) is 144 cm³/mol. The van der Waals surface area contributed by atoms with E-state index in [0.29, 0.717) is 44.8 Å². The van der Waals surface area contributed by atoms with Crippen LogP contribution in [0.2, 0.25) is 0 Å². The minimum Gasteiger partial charge on any atom is -0.493 e. The molecule has 6 rings (SSSR count). The summed E-state index contributed by atoms with van der Waals surface area (Å²) in [6, 6.07) is 20.0. The molecule has 1 aliphatic carbocycles. The van der Waals surface area contributed by atoms with Crippen molar-refractivity contribution in [3.05, 3.63) is 99.4 Å². The summed E-state index contributed by atoms with van der Waals surface area (Å²) in [5.41, 5.74) is 5.54. The lowest BCUT2D eigenvalue weighted by molar-refractivity contribution is 0.0476. The van der Waals surface area contributed by atoms with Crippen molar-refractivity contribution in [1.82, 2.24) is 4.98 Å². The molecule has 0 amide bonds. The third-order valence-corrected chi connectivity index (χ3v) is 7.02. The Morgan fingerprint density at radius 3 is 2.50 bits per heavy atom. The number of benzene rings is 3. The first-order valence-electron chi connectivity index (χ1n) is 12.4. The highest BCUT2D eigenvalue weighted by Gasteiger charge is 2.19. The zero-order valence-electron chi connectivity index (χ0n) is 21.1. The van der Waals surface area contributed by atoms with Gasteiger partial charge in [-0.05, 0) is 72.9 Å². The zero-order valence-corrected chi connectivity index (χ0v) is 21.1. The summed E-state index contributed by atoms with van der Waals surface area (Å²) in [6.45, 7) is -0.0535. The molecule has 5 aromatic rings. The van der Waals surface area contributed by atoms with E-state index >= 15 is 0 Å². The lowest BCUT2D eigenvalue weighted by atomic mass is 10.0. The van der Waals surface area contributed by atoms with E-state index in [2.05, 4.69) is 6.07 Å². The summed E-state index contributed by atoms with van der Waals surface area (Å²) in [5, 5.41) is 1.47. The number of rotatable bonds is 6. The summed E-state index contributed by atoms with van der Waals surface area (Å²) in [7, 11) is 3.15. The van der Waals surface area contributed by atoms with E-state index < -0.39 is 11.6 Å². The molecule has 0 aliphatic heterocycles. The molecule has 0 saturated carbocycles. The molecular formula is C31H25NO6. The monoisotopic (exact) mass is 507 g/mol. The largest absolute Gasteiger partial charge is 0.493 e. The Morgan fingerprint density at radius 2 is 1.68 bits per heavy atom. The summed E-state index contributed by atoms with van der Waals surface area (Å²) >= 11 is 0. The lowest BCUT2D eigenvalue weighted by Crippen LogP contribution is -2.09. The van der Waals surface area contributed by atoms with Gasteiger partial charge < -0.3 is 18.6 Å². The molecule has 0 spiro atoms. The average Bonchev–Trinajstić information content (AvgIpc) is 3.41. The molecule has 0 radical (unpaired) electrons. The van der Waals surface area contributed by atoms with Gasteiger partial charge >= 0.3 is 11.6 Å². The van der Waals surface area contributed by atoms with Crippen LogP contribution in [0.5, 0.6) is 11.5 Å². The maximum atomic E-state index is 13.5. The van der Waals surface area contributed by atoms with Gasteiger partial charge in [-0.2, -0.15) is 0 Å². The Labute approximate surface area is 218 Å². The van der Waals surface area contributed by atoms with Crippen LogP contribution in [0.25, 0.3) is 33.1 Å². The second-order valence-corrected chi connectivity index (χ2v) is 9.28. The number of nitrogens with zero attached hydrogens (tertiary/aromatic N) is 1. The molecule has 7 nitrogen and oxygen atoms in total. The fraction of sp³-hybridized carbons (Fsp3) is 0.194. The van der Waals surface area contributed by atoms with Gasteiger partial charge in [-0.25, -0.2) is 14.6 Å². The maximum absolute atomic E-state index is 13.5. The third kappa shape index (κ3) is 4.26. The number of methoxy groups -OCH3 is 2. The minimum absolute atomic E-state index is 0.0535. The van der Waals surface area contributed by atoms with E-state index in [9.17, 15) is 9.59 Å². The number of pyridine rings is 1. The number of esters is 1. The molecule has 1 aliphatic rings. The number of ether oxygens (including phenoxy) is 3. The molecule has 0 bridgehead atoms. The van der Waals surface area contributed by atoms with Gasteiger partial charge in [0.2, 0.25) is 0 Å². The molecule has 0 N–H and O–H groups in total. The number of para-hydroxylation sites is 1. The van der Waals surface area contributed by atoms with Crippen LogP contribution in [0.3, 0.4) is 0 Å². The fourth-order valence-electron chi connectivity index (χ4n) is 5.12. The Hall–Kier alpha value is -4.65. The van der Waals surface area contributed by atoms with Crippen LogP contribution in [0.1, 0.15) is 33.5 Å². The van der Waals surface area contributed by atoms with Crippen LogP contribution in [-0.2, 0) is 24.2 Å². The van der Waals surface area contributed by atoms with Crippen molar-refractivity contribution >= 4 is 27.8 Å². The van der Waals surface area contributed by atoms with Crippen molar-refractivity contribution < 1.29 is 23.4 Å². The molecular weight excluding hydrogens is 482 g/mol. The summed E-state index contributed by atoms with van der Waals surface area (Å²) in [6.07, 6.45) is 3.05. The maximum Gasteiger partial charge on any atom is 0.339 e. The van der Waals surface area contributed by atoms with Gasteiger partial charge in [0.1, 0.15) is 12.2 Å². The molecule has 7 heteroatoms. The molecule has 2 heterocycles. The first-order valence-corrected chi connectivity index (χ1v) is 12.4. The van der Waals surface area contributed by atoms with Crippen LogP contribution in [0.15, 0.2) is 75.9 Å². The smallest absolute Gasteiger partial charge is 0.339 e. The van der Waals surface area contributed by atoms with Gasteiger partial charge in [0.15, 0.2) is 11.5 Å². The first kappa shape index (κ1) is 23.7. The lowest BCUT2D eigenvalue weighted by Gasteiger charge is -2.13. The average molecular weight is 508 g/mol. The number of hydrogen-bond acceptors (Lipinski definition) is 7. The van der Waals surface area contributed by atoms with Crippen LogP contribution in [0, 0.1) is 0 Å². The van der Waals surface area contributed by atoms with E-state index in [1.165, 1.54) is 17.2 Å². The van der Waals surface area contributed by atoms with Gasteiger partial charge in [-0.1, -0.05) is 18.2 Å². The van der Waals surface area contributed by atoms with Gasteiger partial charge in [-0.3, -0.25) is 0 Å². The zero-order chi connectivity index (χ0) is 26.2. The molecule has 3 aromatic carbocycles. The molecule has 0 atom stereocenters.